The number of aryl methyl sites for hydroxylation is 1. The average Bonchev–Trinajstić information content (AvgIpc) is 3.39. The van der Waals surface area contributed by atoms with Crippen LogP contribution in [0.2, 0.25) is 0 Å². The van der Waals surface area contributed by atoms with Gasteiger partial charge < -0.3 is 23.5 Å². The minimum atomic E-state index is 0.199. The van der Waals surface area contributed by atoms with Gasteiger partial charge >= 0.3 is 0 Å². The van der Waals surface area contributed by atoms with E-state index in [4.69, 9.17) is 23.9 Å². The predicted octanol–water partition coefficient (Wildman–Crippen LogP) is 4.39. The van der Waals surface area contributed by atoms with Crippen LogP contribution in [0.1, 0.15) is 24.0 Å². The molecule has 0 spiro atoms. The van der Waals surface area contributed by atoms with Crippen molar-refractivity contribution in [1.29, 1.82) is 0 Å². The van der Waals surface area contributed by atoms with Crippen molar-refractivity contribution in [2.45, 2.75) is 38.5 Å². The molecule has 0 N–H and O–H groups in total. The summed E-state index contributed by atoms with van der Waals surface area (Å²) in [6, 6.07) is 18.4. The molecule has 0 saturated carbocycles. The van der Waals surface area contributed by atoms with E-state index >= 15 is 0 Å². The first-order valence-electron chi connectivity index (χ1n) is 11.5. The summed E-state index contributed by atoms with van der Waals surface area (Å²) in [5.74, 6) is 2.39. The minimum Gasteiger partial charge on any atom is -0.497 e. The highest BCUT2D eigenvalue weighted by molar-refractivity contribution is 5.75. The van der Waals surface area contributed by atoms with Crippen molar-refractivity contribution in [2.75, 3.05) is 27.4 Å². The van der Waals surface area contributed by atoms with Gasteiger partial charge in [0.15, 0.2) is 0 Å². The Hall–Kier alpha value is -3.25. The van der Waals surface area contributed by atoms with Gasteiger partial charge in [-0.1, -0.05) is 30.3 Å². The van der Waals surface area contributed by atoms with Gasteiger partial charge in [-0.25, -0.2) is 0 Å². The Balaban J connectivity index is 1.58. The van der Waals surface area contributed by atoms with Crippen molar-refractivity contribution < 1.29 is 18.9 Å². The number of hydrogen-bond donors (Lipinski definition) is 0. The second-order valence-electron chi connectivity index (χ2n) is 8.45. The lowest BCUT2D eigenvalue weighted by atomic mass is 9.95. The van der Waals surface area contributed by atoms with Crippen molar-refractivity contribution in [3.05, 3.63) is 71.2 Å². The number of nitrogens with zero attached hydrogens (tertiary/aromatic N) is 2. The van der Waals surface area contributed by atoms with Gasteiger partial charge in [0.25, 0.3) is 0 Å². The summed E-state index contributed by atoms with van der Waals surface area (Å²) in [7, 11) is 3.39. The largest absolute Gasteiger partial charge is 0.497 e. The maximum Gasteiger partial charge on any atom is 0.132 e. The van der Waals surface area contributed by atoms with E-state index in [-0.39, 0.29) is 6.10 Å². The first-order valence-corrected chi connectivity index (χ1v) is 11.5. The minimum absolute atomic E-state index is 0.199. The highest BCUT2D eigenvalue weighted by atomic mass is 16.5. The fourth-order valence-corrected chi connectivity index (χ4v) is 4.61. The molecule has 1 atom stereocenters. The fraction of sp³-hybridized carbons (Fsp3) is 0.370. The Morgan fingerprint density at radius 1 is 1.03 bits per heavy atom. The van der Waals surface area contributed by atoms with E-state index in [1.54, 1.807) is 14.2 Å². The number of fused-ring (bicyclic) bond motifs is 3. The van der Waals surface area contributed by atoms with Crippen molar-refractivity contribution in [1.82, 2.24) is 4.57 Å². The number of hydrogen-bond acceptors (Lipinski definition) is 5. The van der Waals surface area contributed by atoms with Gasteiger partial charge in [-0.3, -0.25) is 4.99 Å². The Morgan fingerprint density at radius 3 is 2.67 bits per heavy atom. The van der Waals surface area contributed by atoms with Crippen LogP contribution in [0.5, 0.6) is 17.2 Å². The number of methoxy groups -OCH3 is 2. The third-order valence-electron chi connectivity index (χ3n) is 6.32. The molecule has 6 nitrogen and oxygen atoms in total. The number of rotatable bonds is 7. The zero-order valence-corrected chi connectivity index (χ0v) is 19.3. The standard InChI is InChI=1S/C27H30N2O4/c1-30-22-13-20-10-11-29-24(27(20)25(15-22)31-2)14-23(33-18-19-7-4-3-5-8-19)16-26(29)28-17-21-9-6-12-32-21/h3-5,7-8,13-16,21H,6,9-12,17-18H2,1-2H3. The third kappa shape index (κ3) is 4.62. The van der Waals surface area contributed by atoms with Crippen molar-refractivity contribution >= 4 is 0 Å². The van der Waals surface area contributed by atoms with Crippen LogP contribution >= 0.6 is 0 Å². The van der Waals surface area contributed by atoms with E-state index in [2.05, 4.69) is 28.8 Å². The highest BCUT2D eigenvalue weighted by Gasteiger charge is 2.23. The van der Waals surface area contributed by atoms with E-state index < -0.39 is 0 Å². The van der Waals surface area contributed by atoms with Crippen LogP contribution in [-0.2, 0) is 24.3 Å². The maximum atomic E-state index is 6.23. The molecule has 0 amide bonds. The molecule has 1 aromatic heterocycles. The van der Waals surface area contributed by atoms with Gasteiger partial charge in [0.2, 0.25) is 0 Å². The van der Waals surface area contributed by atoms with E-state index in [1.165, 1.54) is 5.56 Å². The lowest BCUT2D eigenvalue weighted by molar-refractivity contribution is 0.117. The number of ether oxygens (including phenoxy) is 4. The first kappa shape index (κ1) is 21.6. The van der Waals surface area contributed by atoms with Crippen molar-refractivity contribution in [2.24, 2.45) is 4.99 Å². The van der Waals surface area contributed by atoms with Crippen LogP contribution in [0.25, 0.3) is 11.3 Å². The molecule has 1 fully saturated rings. The summed E-state index contributed by atoms with van der Waals surface area (Å²) in [6.45, 7) is 2.83. The fourth-order valence-electron chi connectivity index (χ4n) is 4.61. The van der Waals surface area contributed by atoms with Crippen LogP contribution in [0.15, 0.2) is 59.6 Å². The SMILES string of the molecule is COc1cc2c(c(OC)c1)-c1cc(OCc3ccccc3)cc(=NCC3CCCO3)n1CC2. The van der Waals surface area contributed by atoms with Crippen LogP contribution in [-0.4, -0.2) is 38.0 Å². The average molecular weight is 447 g/mol. The van der Waals surface area contributed by atoms with E-state index in [1.807, 2.05) is 30.3 Å². The monoisotopic (exact) mass is 446 g/mol. The molecule has 0 aliphatic carbocycles. The molecular weight excluding hydrogens is 416 g/mol. The van der Waals surface area contributed by atoms with Crippen LogP contribution in [0.3, 0.4) is 0 Å². The summed E-state index contributed by atoms with van der Waals surface area (Å²) < 4.78 is 25.6. The molecule has 1 unspecified atom stereocenters. The second-order valence-corrected chi connectivity index (χ2v) is 8.45. The van der Waals surface area contributed by atoms with Crippen LogP contribution < -0.4 is 19.7 Å². The predicted molar refractivity (Wildman–Crippen MR) is 127 cm³/mol. The van der Waals surface area contributed by atoms with E-state index in [0.29, 0.717) is 13.2 Å². The molecule has 3 aromatic rings. The summed E-state index contributed by atoms with van der Waals surface area (Å²) in [4.78, 5) is 4.97. The van der Waals surface area contributed by atoms with Gasteiger partial charge in [-0.2, -0.15) is 0 Å². The van der Waals surface area contributed by atoms with Gasteiger partial charge in [-0.05, 0) is 36.5 Å². The molecule has 0 bridgehead atoms. The van der Waals surface area contributed by atoms with Crippen molar-refractivity contribution in [3.63, 3.8) is 0 Å². The Labute approximate surface area is 194 Å². The van der Waals surface area contributed by atoms with Gasteiger partial charge in [0.05, 0.1) is 32.6 Å². The lowest BCUT2D eigenvalue weighted by Crippen LogP contribution is -2.28. The molecule has 0 radical (unpaired) electrons. The first-order chi connectivity index (χ1) is 16.2. The summed E-state index contributed by atoms with van der Waals surface area (Å²) >= 11 is 0. The smallest absolute Gasteiger partial charge is 0.132 e. The van der Waals surface area contributed by atoms with E-state index in [9.17, 15) is 0 Å². The summed E-state index contributed by atoms with van der Waals surface area (Å²) in [5.41, 5.74) is 5.37. The molecule has 2 aromatic carbocycles. The second kappa shape index (κ2) is 9.71. The van der Waals surface area contributed by atoms with Gasteiger partial charge in [0.1, 0.15) is 29.3 Å². The molecule has 5 rings (SSSR count). The highest BCUT2D eigenvalue weighted by Crippen LogP contribution is 2.40. The molecule has 1 saturated heterocycles. The molecule has 33 heavy (non-hydrogen) atoms. The molecule has 6 heteroatoms. The summed E-state index contributed by atoms with van der Waals surface area (Å²) in [6.07, 6.45) is 3.26. The zero-order valence-electron chi connectivity index (χ0n) is 19.3. The quantitative estimate of drug-likeness (QED) is 0.540. The number of pyridine rings is 1. The molecular formula is C27H30N2O4. The third-order valence-corrected chi connectivity index (χ3v) is 6.32. The van der Waals surface area contributed by atoms with Gasteiger partial charge in [0, 0.05) is 36.9 Å². The van der Waals surface area contributed by atoms with Crippen LogP contribution in [0, 0.1) is 0 Å². The normalized spacial score (nSPS) is 17.4. The summed E-state index contributed by atoms with van der Waals surface area (Å²) in [5, 5.41) is 0. The molecule has 2 aliphatic rings. The Kier molecular flexibility index (Phi) is 6.35. The molecule has 172 valence electrons. The van der Waals surface area contributed by atoms with Gasteiger partial charge in [-0.15, -0.1) is 0 Å². The van der Waals surface area contributed by atoms with Crippen molar-refractivity contribution in [3.8, 4) is 28.5 Å². The number of benzene rings is 2. The lowest BCUT2D eigenvalue weighted by Gasteiger charge is -2.26. The van der Waals surface area contributed by atoms with E-state index in [0.717, 1.165) is 72.0 Å². The number of aromatic nitrogens is 1. The maximum absolute atomic E-state index is 6.23. The molecule has 2 aliphatic heterocycles. The zero-order chi connectivity index (χ0) is 22.6. The Bertz CT molecular complexity index is 1160. The topological polar surface area (TPSA) is 54.2 Å². The van der Waals surface area contributed by atoms with Crippen LogP contribution in [0.4, 0.5) is 0 Å². The molecule has 3 heterocycles. The Morgan fingerprint density at radius 2 is 1.91 bits per heavy atom.